The lowest BCUT2D eigenvalue weighted by Gasteiger charge is -2.15. The van der Waals surface area contributed by atoms with Crippen molar-refractivity contribution in [2.75, 3.05) is 12.4 Å². The normalized spacial score (nSPS) is 13.9. The van der Waals surface area contributed by atoms with Gasteiger partial charge in [0.1, 0.15) is 16.5 Å². The predicted molar refractivity (Wildman–Crippen MR) is 103 cm³/mol. The maximum absolute atomic E-state index is 12.7. The molecule has 1 aliphatic heterocycles. The Morgan fingerprint density at radius 1 is 1.14 bits per heavy atom. The number of ether oxygens (including phenoxy) is 1. The van der Waals surface area contributed by atoms with E-state index in [1.165, 1.54) is 13.2 Å². The highest BCUT2D eigenvalue weighted by atomic mass is 35.5. The molecule has 2 N–H and O–H groups in total. The summed E-state index contributed by atoms with van der Waals surface area (Å²) in [6.07, 6.45) is 0. The Labute approximate surface area is 166 Å². The van der Waals surface area contributed by atoms with Crippen LogP contribution in [0.5, 0.6) is 5.75 Å². The second-order valence-electron chi connectivity index (χ2n) is 6.22. The Kier molecular flexibility index (Phi) is 5.37. The van der Waals surface area contributed by atoms with E-state index in [1.54, 1.807) is 36.4 Å². The third-order valence-corrected chi connectivity index (χ3v) is 4.59. The minimum Gasteiger partial charge on any atom is -0.506 e. The Morgan fingerprint density at radius 2 is 1.82 bits per heavy atom. The largest absolute Gasteiger partial charge is 0.506 e. The first-order valence-electron chi connectivity index (χ1n) is 8.31. The van der Waals surface area contributed by atoms with E-state index in [1.807, 2.05) is 6.92 Å². The molecule has 0 aromatic heterocycles. The molecule has 144 valence electrons. The second kappa shape index (κ2) is 7.74. The number of imide groups is 1. The molecule has 0 fully saturated rings. The predicted octanol–water partition coefficient (Wildman–Crippen LogP) is 2.92. The number of halogens is 1. The number of anilines is 1. The number of carbonyl (C=O) groups excluding carboxylic acids is 3. The van der Waals surface area contributed by atoms with Crippen LogP contribution in [0.15, 0.2) is 53.2 Å². The number of nitrogens with zero attached hydrogens (tertiary/aromatic N) is 1. The van der Waals surface area contributed by atoms with Gasteiger partial charge >= 0.3 is 5.97 Å². The van der Waals surface area contributed by atoms with Crippen LogP contribution in [-0.4, -0.2) is 34.9 Å². The number of hydrogen-bond acceptors (Lipinski definition) is 6. The van der Waals surface area contributed by atoms with E-state index >= 15 is 0 Å². The van der Waals surface area contributed by atoms with Crippen molar-refractivity contribution in [1.29, 1.82) is 0 Å². The van der Waals surface area contributed by atoms with Gasteiger partial charge in [-0.1, -0.05) is 29.8 Å². The van der Waals surface area contributed by atoms with Crippen LogP contribution in [0.4, 0.5) is 5.69 Å². The highest BCUT2D eigenvalue weighted by Gasteiger charge is 2.38. The van der Waals surface area contributed by atoms with Gasteiger partial charge in [0.25, 0.3) is 11.8 Å². The number of benzene rings is 2. The van der Waals surface area contributed by atoms with Gasteiger partial charge in [-0.3, -0.25) is 14.5 Å². The van der Waals surface area contributed by atoms with Gasteiger partial charge < -0.3 is 15.2 Å². The Bertz CT molecular complexity index is 998. The number of esters is 1. The molecule has 1 aliphatic rings. The van der Waals surface area contributed by atoms with Gasteiger partial charge in [-0.2, -0.15) is 0 Å². The van der Waals surface area contributed by atoms with Crippen LogP contribution in [0.3, 0.4) is 0 Å². The lowest BCUT2D eigenvalue weighted by molar-refractivity contribution is -0.138. The molecule has 0 atom stereocenters. The summed E-state index contributed by atoms with van der Waals surface area (Å²) in [5.74, 6) is -1.79. The highest BCUT2D eigenvalue weighted by molar-refractivity contribution is 6.48. The van der Waals surface area contributed by atoms with Crippen molar-refractivity contribution in [2.45, 2.75) is 13.5 Å². The SMILES string of the molecule is COC(=O)c1ccc(CN2C(=O)C(Cl)=C(Nc3cc(C)ccc3O)C2=O)cc1. The molecule has 3 rings (SSSR count). The quantitative estimate of drug-likeness (QED) is 0.455. The summed E-state index contributed by atoms with van der Waals surface area (Å²) in [4.78, 5) is 37.6. The molecule has 28 heavy (non-hydrogen) atoms. The second-order valence-corrected chi connectivity index (χ2v) is 6.60. The van der Waals surface area contributed by atoms with Gasteiger partial charge in [-0.15, -0.1) is 0 Å². The van der Waals surface area contributed by atoms with Crippen LogP contribution < -0.4 is 5.32 Å². The molecule has 0 spiro atoms. The van der Waals surface area contributed by atoms with Crippen LogP contribution in [0.1, 0.15) is 21.5 Å². The molecule has 8 heteroatoms. The van der Waals surface area contributed by atoms with Gasteiger partial charge in [-0.25, -0.2) is 4.79 Å². The van der Waals surface area contributed by atoms with E-state index in [2.05, 4.69) is 10.1 Å². The molecule has 2 aromatic carbocycles. The summed E-state index contributed by atoms with van der Waals surface area (Å²) in [6, 6.07) is 11.2. The van der Waals surface area contributed by atoms with Crippen molar-refractivity contribution < 1.29 is 24.2 Å². The lowest BCUT2D eigenvalue weighted by Crippen LogP contribution is -2.31. The summed E-state index contributed by atoms with van der Waals surface area (Å²) >= 11 is 6.07. The molecule has 0 saturated carbocycles. The van der Waals surface area contributed by atoms with Crippen LogP contribution in [0.2, 0.25) is 0 Å². The van der Waals surface area contributed by atoms with Crippen molar-refractivity contribution in [2.24, 2.45) is 0 Å². The monoisotopic (exact) mass is 400 g/mol. The summed E-state index contributed by atoms with van der Waals surface area (Å²) in [5, 5.41) is 12.4. The standard InChI is InChI=1S/C20H17ClN2O5/c1-11-3-8-15(24)14(9-11)22-17-16(21)18(25)23(19(17)26)10-12-4-6-13(7-5-12)20(27)28-2/h3-9,22,24H,10H2,1-2H3. The molecule has 0 unspecified atom stereocenters. The molecule has 2 aromatic rings. The Hall–Kier alpha value is -3.32. The van der Waals surface area contributed by atoms with Crippen molar-refractivity contribution >= 4 is 35.1 Å². The van der Waals surface area contributed by atoms with Crippen molar-refractivity contribution in [3.05, 3.63) is 69.9 Å². The van der Waals surface area contributed by atoms with Crippen molar-refractivity contribution in [3.8, 4) is 5.75 Å². The Balaban J connectivity index is 1.79. The molecule has 7 nitrogen and oxygen atoms in total. The van der Waals surface area contributed by atoms with Crippen molar-refractivity contribution in [3.63, 3.8) is 0 Å². The number of nitrogens with one attached hydrogen (secondary N) is 1. The zero-order chi connectivity index (χ0) is 20.4. The molecular weight excluding hydrogens is 384 g/mol. The van der Waals surface area contributed by atoms with Crippen molar-refractivity contribution in [1.82, 2.24) is 4.90 Å². The first-order valence-corrected chi connectivity index (χ1v) is 8.69. The van der Waals surface area contributed by atoms with E-state index in [0.717, 1.165) is 10.5 Å². The third kappa shape index (κ3) is 3.70. The summed E-state index contributed by atoms with van der Waals surface area (Å²) < 4.78 is 4.64. The fourth-order valence-electron chi connectivity index (χ4n) is 2.73. The number of methoxy groups -OCH3 is 1. The summed E-state index contributed by atoms with van der Waals surface area (Å²) in [7, 11) is 1.28. The van der Waals surface area contributed by atoms with Crippen LogP contribution in [0, 0.1) is 6.92 Å². The number of carbonyl (C=O) groups is 3. The number of rotatable bonds is 5. The summed E-state index contributed by atoms with van der Waals surface area (Å²) in [5.41, 5.74) is 2.03. The van der Waals surface area contributed by atoms with Gasteiger partial charge in [0.05, 0.1) is 24.9 Å². The smallest absolute Gasteiger partial charge is 0.337 e. The molecule has 2 amide bonds. The molecule has 0 radical (unpaired) electrons. The van der Waals surface area contributed by atoms with Crippen LogP contribution in [-0.2, 0) is 20.9 Å². The van der Waals surface area contributed by atoms with E-state index in [0.29, 0.717) is 11.1 Å². The summed E-state index contributed by atoms with van der Waals surface area (Å²) in [6.45, 7) is 1.81. The maximum Gasteiger partial charge on any atom is 0.337 e. The minimum absolute atomic E-state index is 0.0136. The average molecular weight is 401 g/mol. The fourth-order valence-corrected chi connectivity index (χ4v) is 2.96. The molecule has 0 aliphatic carbocycles. The van der Waals surface area contributed by atoms with E-state index in [4.69, 9.17) is 11.6 Å². The first kappa shape index (κ1) is 19.4. The van der Waals surface area contributed by atoms with Crippen LogP contribution in [0.25, 0.3) is 0 Å². The fraction of sp³-hybridized carbons (Fsp3) is 0.150. The number of hydrogen-bond donors (Lipinski definition) is 2. The number of phenolic OH excluding ortho intramolecular Hbond substituents is 1. The average Bonchev–Trinajstić information content (AvgIpc) is 2.88. The molecule has 1 heterocycles. The molecule has 0 saturated heterocycles. The molecule has 0 bridgehead atoms. The third-order valence-electron chi connectivity index (χ3n) is 4.24. The Morgan fingerprint density at radius 3 is 2.46 bits per heavy atom. The topological polar surface area (TPSA) is 95.9 Å². The van der Waals surface area contributed by atoms with Crippen LogP contribution >= 0.6 is 11.6 Å². The van der Waals surface area contributed by atoms with E-state index in [9.17, 15) is 19.5 Å². The maximum atomic E-state index is 12.7. The number of phenols is 1. The van der Waals surface area contributed by atoms with Gasteiger partial charge in [0.2, 0.25) is 0 Å². The van der Waals surface area contributed by atoms with Gasteiger partial charge in [0, 0.05) is 0 Å². The number of aromatic hydroxyl groups is 1. The van der Waals surface area contributed by atoms with E-state index < -0.39 is 17.8 Å². The zero-order valence-electron chi connectivity index (χ0n) is 15.2. The highest BCUT2D eigenvalue weighted by Crippen LogP contribution is 2.31. The number of aryl methyl sites for hydroxylation is 1. The zero-order valence-corrected chi connectivity index (χ0v) is 15.9. The number of amides is 2. The minimum atomic E-state index is -0.640. The molecular formula is C20H17ClN2O5. The lowest BCUT2D eigenvalue weighted by atomic mass is 10.1. The van der Waals surface area contributed by atoms with E-state index in [-0.39, 0.29) is 28.7 Å². The first-order chi connectivity index (χ1) is 13.3. The van der Waals surface area contributed by atoms with Gasteiger partial charge in [0.15, 0.2) is 0 Å². The van der Waals surface area contributed by atoms with Gasteiger partial charge in [-0.05, 0) is 42.3 Å².